The summed E-state index contributed by atoms with van der Waals surface area (Å²) in [6.07, 6.45) is 3.30. The van der Waals surface area contributed by atoms with Crippen LogP contribution in [-0.4, -0.2) is 28.8 Å². The Bertz CT molecular complexity index is 1080. The number of methoxy groups -OCH3 is 1. The smallest absolute Gasteiger partial charge is 0.278 e. The van der Waals surface area contributed by atoms with Gasteiger partial charge in [-0.3, -0.25) is 19.5 Å². The summed E-state index contributed by atoms with van der Waals surface area (Å²) in [5.74, 6) is -0.149. The third-order valence-corrected chi connectivity index (χ3v) is 4.66. The Hall–Kier alpha value is -3.93. The summed E-state index contributed by atoms with van der Waals surface area (Å²) in [6.45, 7) is 0.152. The molecule has 2 amide bonds. The molecule has 2 aromatic carbocycles. The second kappa shape index (κ2) is 7.98. The molecule has 0 radical (unpaired) electrons. The van der Waals surface area contributed by atoms with Gasteiger partial charge in [-0.25, -0.2) is 0 Å². The summed E-state index contributed by atoms with van der Waals surface area (Å²) in [6, 6.07) is 20.1. The van der Waals surface area contributed by atoms with E-state index in [9.17, 15) is 9.59 Å². The van der Waals surface area contributed by atoms with Crippen molar-refractivity contribution in [2.45, 2.75) is 6.54 Å². The monoisotopic (exact) mass is 385 g/mol. The number of hydrogen-bond donors (Lipinski definition) is 1. The second-order valence-electron chi connectivity index (χ2n) is 6.50. The Balaban J connectivity index is 1.75. The van der Waals surface area contributed by atoms with Crippen LogP contribution in [0.4, 0.5) is 5.69 Å². The predicted octanol–water partition coefficient (Wildman–Crippen LogP) is 3.48. The van der Waals surface area contributed by atoms with Crippen molar-refractivity contribution in [3.63, 3.8) is 0 Å². The van der Waals surface area contributed by atoms with Crippen LogP contribution in [0.3, 0.4) is 0 Å². The lowest BCUT2D eigenvalue weighted by Crippen LogP contribution is -2.32. The van der Waals surface area contributed by atoms with Gasteiger partial charge in [-0.1, -0.05) is 48.5 Å². The number of aromatic nitrogens is 1. The van der Waals surface area contributed by atoms with Crippen LogP contribution in [0.15, 0.2) is 84.8 Å². The summed E-state index contributed by atoms with van der Waals surface area (Å²) >= 11 is 0. The lowest BCUT2D eigenvalue weighted by atomic mass is 10.0. The molecular formula is C23H19N3O3. The van der Waals surface area contributed by atoms with Crippen LogP contribution >= 0.6 is 0 Å². The van der Waals surface area contributed by atoms with Gasteiger partial charge in [-0.15, -0.1) is 0 Å². The molecule has 0 aliphatic carbocycles. The molecule has 3 aromatic rings. The Kier molecular flexibility index (Phi) is 5.07. The van der Waals surface area contributed by atoms with E-state index in [0.717, 1.165) is 5.56 Å². The highest BCUT2D eigenvalue weighted by Crippen LogP contribution is 2.33. The van der Waals surface area contributed by atoms with E-state index in [0.29, 0.717) is 22.6 Å². The molecule has 1 aliphatic rings. The molecule has 29 heavy (non-hydrogen) atoms. The van der Waals surface area contributed by atoms with Crippen LogP contribution in [0.25, 0.3) is 5.57 Å². The van der Waals surface area contributed by atoms with E-state index >= 15 is 0 Å². The first-order valence-electron chi connectivity index (χ1n) is 9.14. The van der Waals surface area contributed by atoms with Crippen LogP contribution < -0.4 is 10.1 Å². The molecule has 6 nitrogen and oxygen atoms in total. The van der Waals surface area contributed by atoms with E-state index in [4.69, 9.17) is 4.74 Å². The lowest BCUT2D eigenvalue weighted by molar-refractivity contribution is -0.137. The summed E-state index contributed by atoms with van der Waals surface area (Å²) in [4.78, 5) is 31.8. The minimum atomic E-state index is -0.386. The first-order valence-corrected chi connectivity index (χ1v) is 9.14. The number of anilines is 1. The van der Waals surface area contributed by atoms with Crippen LogP contribution in [-0.2, 0) is 16.1 Å². The van der Waals surface area contributed by atoms with E-state index in [1.54, 1.807) is 37.7 Å². The highest BCUT2D eigenvalue weighted by atomic mass is 16.5. The van der Waals surface area contributed by atoms with Gasteiger partial charge in [0.1, 0.15) is 11.4 Å². The molecule has 1 N–H and O–H groups in total. The second-order valence-corrected chi connectivity index (χ2v) is 6.50. The van der Waals surface area contributed by atoms with Gasteiger partial charge in [0.25, 0.3) is 11.8 Å². The van der Waals surface area contributed by atoms with Gasteiger partial charge in [-0.05, 0) is 29.3 Å². The molecule has 0 unspecified atom stereocenters. The van der Waals surface area contributed by atoms with Crippen molar-refractivity contribution in [3.05, 3.63) is 95.9 Å². The largest absolute Gasteiger partial charge is 0.495 e. The molecule has 0 bridgehead atoms. The number of carbonyl (C=O) groups excluding carboxylic acids is 2. The average molecular weight is 385 g/mol. The maximum absolute atomic E-state index is 13.2. The van der Waals surface area contributed by atoms with E-state index in [1.807, 2.05) is 48.5 Å². The third kappa shape index (κ3) is 3.60. The topological polar surface area (TPSA) is 71.5 Å². The fourth-order valence-electron chi connectivity index (χ4n) is 3.27. The van der Waals surface area contributed by atoms with Crippen molar-refractivity contribution in [2.75, 3.05) is 12.4 Å². The summed E-state index contributed by atoms with van der Waals surface area (Å²) in [7, 11) is 1.56. The highest BCUT2D eigenvalue weighted by molar-refractivity contribution is 6.36. The lowest BCUT2D eigenvalue weighted by Gasteiger charge is -2.15. The van der Waals surface area contributed by atoms with Crippen molar-refractivity contribution in [3.8, 4) is 5.75 Å². The van der Waals surface area contributed by atoms with Gasteiger partial charge in [0.2, 0.25) is 0 Å². The Morgan fingerprint density at radius 1 is 0.931 bits per heavy atom. The van der Waals surface area contributed by atoms with Gasteiger partial charge < -0.3 is 10.1 Å². The van der Waals surface area contributed by atoms with Crippen molar-refractivity contribution in [2.24, 2.45) is 0 Å². The molecule has 0 fully saturated rings. The third-order valence-electron chi connectivity index (χ3n) is 4.66. The molecule has 0 saturated heterocycles. The zero-order valence-corrected chi connectivity index (χ0v) is 15.8. The highest BCUT2D eigenvalue weighted by Gasteiger charge is 2.39. The van der Waals surface area contributed by atoms with Crippen LogP contribution in [0.2, 0.25) is 0 Å². The van der Waals surface area contributed by atoms with Crippen molar-refractivity contribution < 1.29 is 14.3 Å². The summed E-state index contributed by atoms with van der Waals surface area (Å²) < 4.78 is 5.38. The van der Waals surface area contributed by atoms with Crippen molar-refractivity contribution in [1.29, 1.82) is 0 Å². The predicted molar refractivity (Wildman–Crippen MR) is 110 cm³/mol. The Labute approximate surface area is 168 Å². The number of hydrogen-bond acceptors (Lipinski definition) is 5. The SMILES string of the molecule is COc1ccccc1NC1=C(c2ccccc2)C(=O)N(Cc2cccnc2)C1=O. The van der Waals surface area contributed by atoms with Gasteiger partial charge in [0.05, 0.1) is 24.9 Å². The molecule has 1 aliphatic heterocycles. The van der Waals surface area contributed by atoms with Gasteiger partial charge >= 0.3 is 0 Å². The number of imide groups is 1. The number of amides is 2. The zero-order chi connectivity index (χ0) is 20.2. The van der Waals surface area contributed by atoms with E-state index in [-0.39, 0.29) is 24.1 Å². The van der Waals surface area contributed by atoms with Crippen LogP contribution in [0, 0.1) is 0 Å². The minimum absolute atomic E-state index is 0.152. The van der Waals surface area contributed by atoms with Crippen LogP contribution in [0.5, 0.6) is 5.75 Å². The number of ether oxygens (including phenoxy) is 1. The fraction of sp³-hybridized carbons (Fsp3) is 0.0870. The first kappa shape index (κ1) is 18.4. The molecule has 0 atom stereocenters. The van der Waals surface area contributed by atoms with E-state index in [2.05, 4.69) is 10.3 Å². The van der Waals surface area contributed by atoms with Crippen molar-refractivity contribution >= 4 is 23.1 Å². The molecule has 2 heterocycles. The van der Waals surface area contributed by atoms with E-state index < -0.39 is 0 Å². The van der Waals surface area contributed by atoms with Gasteiger partial charge in [-0.2, -0.15) is 0 Å². The molecule has 0 saturated carbocycles. The Morgan fingerprint density at radius 2 is 1.69 bits per heavy atom. The average Bonchev–Trinajstić information content (AvgIpc) is 3.00. The maximum Gasteiger partial charge on any atom is 0.278 e. The van der Waals surface area contributed by atoms with E-state index in [1.165, 1.54) is 4.90 Å². The number of rotatable bonds is 6. The molecule has 6 heteroatoms. The summed E-state index contributed by atoms with van der Waals surface area (Å²) in [5, 5.41) is 3.13. The fourth-order valence-corrected chi connectivity index (χ4v) is 3.27. The standard InChI is InChI=1S/C23H19N3O3/c1-29-19-12-6-5-11-18(19)25-21-20(17-9-3-2-4-10-17)22(27)26(23(21)28)15-16-8-7-13-24-14-16/h2-14,25H,15H2,1H3. The number of benzene rings is 2. The van der Waals surface area contributed by atoms with Gasteiger partial charge in [0.15, 0.2) is 0 Å². The Morgan fingerprint density at radius 3 is 2.41 bits per heavy atom. The summed E-state index contributed by atoms with van der Waals surface area (Å²) in [5.41, 5.74) is 2.64. The minimum Gasteiger partial charge on any atom is -0.495 e. The number of nitrogens with one attached hydrogen (secondary N) is 1. The quantitative estimate of drug-likeness (QED) is 0.658. The molecule has 0 spiro atoms. The molecule has 144 valence electrons. The molecule has 1 aromatic heterocycles. The van der Waals surface area contributed by atoms with Crippen LogP contribution in [0.1, 0.15) is 11.1 Å². The number of nitrogens with zero attached hydrogens (tertiary/aromatic N) is 2. The number of carbonyl (C=O) groups is 2. The zero-order valence-electron chi connectivity index (χ0n) is 15.8. The molecule has 4 rings (SSSR count). The van der Waals surface area contributed by atoms with Gasteiger partial charge in [0, 0.05) is 12.4 Å². The number of para-hydroxylation sites is 2. The normalized spacial score (nSPS) is 13.8. The van der Waals surface area contributed by atoms with Crippen molar-refractivity contribution in [1.82, 2.24) is 9.88 Å². The number of pyridine rings is 1. The molecular weight excluding hydrogens is 366 g/mol. The maximum atomic E-state index is 13.2. The first-order chi connectivity index (χ1) is 14.2.